The molecule has 2 rings (SSSR count). The van der Waals surface area contributed by atoms with Crippen molar-refractivity contribution in [3.8, 4) is 0 Å². The number of nitrogens with zero attached hydrogens (tertiary/aromatic N) is 3. The van der Waals surface area contributed by atoms with Crippen LogP contribution in [0.25, 0.3) is 0 Å². The van der Waals surface area contributed by atoms with Gasteiger partial charge < -0.3 is 14.1 Å². The third kappa shape index (κ3) is 3.32. The average Bonchev–Trinajstić information content (AvgIpc) is 3.04. The second-order valence-corrected chi connectivity index (χ2v) is 6.51. The van der Waals surface area contributed by atoms with Gasteiger partial charge in [0.2, 0.25) is 17.7 Å². The Morgan fingerprint density at radius 3 is 2.59 bits per heavy atom. The van der Waals surface area contributed by atoms with Crippen LogP contribution in [0.2, 0.25) is 0 Å². The van der Waals surface area contributed by atoms with E-state index in [9.17, 15) is 4.79 Å². The lowest BCUT2D eigenvalue weighted by Crippen LogP contribution is -2.48. The lowest BCUT2D eigenvalue weighted by atomic mass is 9.83. The number of amides is 1. The monoisotopic (exact) mass is 309 g/mol. The number of aromatic nitrogens is 2. The fourth-order valence-electron chi connectivity index (χ4n) is 2.53. The molecule has 0 saturated carbocycles. The molecule has 0 aromatic carbocycles. The molecule has 1 aliphatic rings. The first-order chi connectivity index (χ1) is 10.4. The Morgan fingerprint density at radius 1 is 1.36 bits per heavy atom. The summed E-state index contributed by atoms with van der Waals surface area (Å²) >= 11 is 0. The minimum Gasteiger partial charge on any atom is -0.422 e. The average molecular weight is 309 g/mol. The summed E-state index contributed by atoms with van der Waals surface area (Å²) in [5.41, 5.74) is -0.306. The number of ether oxygens (including phenoxy) is 1. The molecule has 6 nitrogen and oxygen atoms in total. The minimum atomic E-state index is -0.323. The lowest BCUT2D eigenvalue weighted by molar-refractivity contribution is -0.150. The van der Waals surface area contributed by atoms with Crippen LogP contribution in [0.5, 0.6) is 0 Å². The van der Waals surface area contributed by atoms with Gasteiger partial charge in [0, 0.05) is 17.9 Å². The molecule has 22 heavy (non-hydrogen) atoms. The van der Waals surface area contributed by atoms with Gasteiger partial charge in [-0.15, -0.1) is 10.2 Å². The molecule has 0 spiro atoms. The molecule has 6 heteroatoms. The Bertz CT molecular complexity index is 508. The van der Waals surface area contributed by atoms with Crippen LogP contribution in [0, 0.1) is 5.41 Å². The van der Waals surface area contributed by atoms with E-state index in [2.05, 4.69) is 24.0 Å². The SMILES string of the molecule is CCC(C)(CC)C(=O)N1CCO[C@@H](c2nnc(C(C)C)o2)C1. The Kier molecular flexibility index (Phi) is 5.21. The maximum absolute atomic E-state index is 12.8. The Morgan fingerprint density at radius 2 is 2.05 bits per heavy atom. The standard InChI is InChI=1S/C16H27N3O3/c1-6-16(5,7-2)15(20)19-8-9-21-12(10-19)14-18-17-13(22-14)11(3)4/h11-12H,6-10H2,1-5H3/t12-/m1/s1. The maximum atomic E-state index is 12.8. The number of morpholine rings is 1. The number of carbonyl (C=O) groups is 1. The van der Waals surface area contributed by atoms with Crippen LogP contribution in [-0.4, -0.2) is 40.7 Å². The Balaban J connectivity index is 2.09. The van der Waals surface area contributed by atoms with E-state index in [0.717, 1.165) is 12.8 Å². The minimum absolute atomic E-state index is 0.186. The van der Waals surface area contributed by atoms with Gasteiger partial charge in [-0.05, 0) is 12.8 Å². The van der Waals surface area contributed by atoms with Crippen molar-refractivity contribution in [2.24, 2.45) is 5.41 Å². The van der Waals surface area contributed by atoms with E-state index in [-0.39, 0.29) is 23.3 Å². The van der Waals surface area contributed by atoms with E-state index >= 15 is 0 Å². The normalized spacial score (nSPS) is 19.7. The van der Waals surface area contributed by atoms with Crippen LogP contribution in [0.3, 0.4) is 0 Å². The largest absolute Gasteiger partial charge is 0.422 e. The summed E-state index contributed by atoms with van der Waals surface area (Å²) < 4.78 is 11.4. The molecular weight excluding hydrogens is 282 g/mol. The smallest absolute Gasteiger partial charge is 0.247 e. The van der Waals surface area contributed by atoms with E-state index in [4.69, 9.17) is 9.15 Å². The van der Waals surface area contributed by atoms with Crippen molar-refractivity contribution in [2.45, 2.75) is 59.5 Å². The van der Waals surface area contributed by atoms with Crippen molar-refractivity contribution >= 4 is 5.91 Å². The third-order valence-electron chi connectivity index (χ3n) is 4.66. The summed E-state index contributed by atoms with van der Waals surface area (Å²) in [6.07, 6.45) is 1.35. The van der Waals surface area contributed by atoms with E-state index in [1.54, 1.807) is 0 Å². The number of hydrogen-bond acceptors (Lipinski definition) is 5. The van der Waals surface area contributed by atoms with Gasteiger partial charge in [0.15, 0.2) is 6.10 Å². The number of rotatable bonds is 5. The van der Waals surface area contributed by atoms with Gasteiger partial charge in [0.05, 0.1) is 13.2 Å². The summed E-state index contributed by atoms with van der Waals surface area (Å²) in [7, 11) is 0. The fraction of sp³-hybridized carbons (Fsp3) is 0.812. The van der Waals surface area contributed by atoms with E-state index in [0.29, 0.717) is 31.5 Å². The molecule has 0 radical (unpaired) electrons. The molecule has 0 bridgehead atoms. The van der Waals surface area contributed by atoms with Crippen molar-refractivity contribution in [2.75, 3.05) is 19.7 Å². The molecule has 124 valence electrons. The zero-order valence-corrected chi connectivity index (χ0v) is 14.3. The number of carbonyl (C=O) groups excluding carboxylic acids is 1. The summed E-state index contributed by atoms with van der Waals surface area (Å²) in [6.45, 7) is 11.8. The summed E-state index contributed by atoms with van der Waals surface area (Å²) in [6, 6.07) is 0. The maximum Gasteiger partial charge on any atom is 0.247 e. The van der Waals surface area contributed by atoms with Crippen molar-refractivity contribution in [1.29, 1.82) is 0 Å². The fourth-order valence-corrected chi connectivity index (χ4v) is 2.53. The molecule has 1 aromatic rings. The van der Waals surface area contributed by atoms with E-state index < -0.39 is 0 Å². The first-order valence-electron chi connectivity index (χ1n) is 8.15. The molecule has 1 aliphatic heterocycles. The number of hydrogen-bond donors (Lipinski definition) is 0. The second kappa shape index (κ2) is 6.77. The predicted octanol–water partition coefficient (Wildman–Crippen LogP) is 2.92. The molecule has 1 fully saturated rings. The van der Waals surface area contributed by atoms with Gasteiger partial charge >= 0.3 is 0 Å². The molecule has 1 amide bonds. The molecular formula is C16H27N3O3. The van der Waals surface area contributed by atoms with Gasteiger partial charge in [-0.1, -0.05) is 34.6 Å². The van der Waals surface area contributed by atoms with Gasteiger partial charge in [0.1, 0.15) is 0 Å². The summed E-state index contributed by atoms with van der Waals surface area (Å²) in [5, 5.41) is 8.12. The topological polar surface area (TPSA) is 68.5 Å². The van der Waals surface area contributed by atoms with Crippen LogP contribution >= 0.6 is 0 Å². The molecule has 0 aliphatic carbocycles. The summed E-state index contributed by atoms with van der Waals surface area (Å²) in [4.78, 5) is 14.7. The first kappa shape index (κ1) is 16.9. The third-order valence-corrected chi connectivity index (χ3v) is 4.66. The van der Waals surface area contributed by atoms with Gasteiger partial charge in [0.25, 0.3) is 0 Å². The second-order valence-electron chi connectivity index (χ2n) is 6.51. The Hall–Kier alpha value is -1.43. The van der Waals surface area contributed by atoms with Crippen molar-refractivity contribution in [3.05, 3.63) is 11.8 Å². The molecule has 0 N–H and O–H groups in total. The van der Waals surface area contributed by atoms with Crippen LogP contribution in [0.15, 0.2) is 4.42 Å². The first-order valence-corrected chi connectivity index (χ1v) is 8.15. The molecule has 2 heterocycles. The highest BCUT2D eigenvalue weighted by atomic mass is 16.5. The molecule has 1 aromatic heterocycles. The van der Waals surface area contributed by atoms with Crippen molar-refractivity contribution in [1.82, 2.24) is 15.1 Å². The highest BCUT2D eigenvalue weighted by Crippen LogP contribution is 2.31. The highest BCUT2D eigenvalue weighted by molar-refractivity contribution is 5.82. The predicted molar refractivity (Wildman–Crippen MR) is 82.3 cm³/mol. The van der Waals surface area contributed by atoms with Crippen LogP contribution in [-0.2, 0) is 9.53 Å². The van der Waals surface area contributed by atoms with E-state index in [1.165, 1.54) is 0 Å². The van der Waals surface area contributed by atoms with Crippen LogP contribution < -0.4 is 0 Å². The highest BCUT2D eigenvalue weighted by Gasteiger charge is 2.37. The van der Waals surface area contributed by atoms with Crippen molar-refractivity contribution < 1.29 is 13.9 Å². The quantitative estimate of drug-likeness (QED) is 0.836. The van der Waals surface area contributed by atoms with Gasteiger partial charge in [-0.25, -0.2) is 0 Å². The molecule has 1 saturated heterocycles. The van der Waals surface area contributed by atoms with Crippen LogP contribution in [0.4, 0.5) is 0 Å². The van der Waals surface area contributed by atoms with Crippen LogP contribution in [0.1, 0.15) is 71.3 Å². The zero-order chi connectivity index (χ0) is 16.3. The van der Waals surface area contributed by atoms with E-state index in [1.807, 2.05) is 25.7 Å². The van der Waals surface area contributed by atoms with Gasteiger partial charge in [-0.3, -0.25) is 4.79 Å². The molecule has 0 unspecified atom stereocenters. The van der Waals surface area contributed by atoms with Gasteiger partial charge in [-0.2, -0.15) is 0 Å². The lowest BCUT2D eigenvalue weighted by Gasteiger charge is -2.37. The zero-order valence-electron chi connectivity index (χ0n) is 14.3. The molecule has 1 atom stereocenters. The van der Waals surface area contributed by atoms with Crippen molar-refractivity contribution in [3.63, 3.8) is 0 Å². The summed E-state index contributed by atoms with van der Waals surface area (Å²) in [5.74, 6) is 1.45. The Labute approximate surface area is 132 Å².